The largest absolute Gasteiger partial charge is 0.465 e. The summed E-state index contributed by atoms with van der Waals surface area (Å²) in [6, 6.07) is 13.2. The molecule has 27 heavy (non-hydrogen) atoms. The van der Waals surface area contributed by atoms with E-state index in [1.807, 2.05) is 31.3 Å². The quantitative estimate of drug-likeness (QED) is 0.772. The molecule has 0 spiro atoms. The van der Waals surface area contributed by atoms with Crippen LogP contribution in [0.15, 0.2) is 42.5 Å². The number of fused-ring (bicyclic) bond motifs is 1. The Hall–Kier alpha value is -3.02. The third-order valence-electron chi connectivity index (χ3n) is 5.12. The SMILES string of the molecule is COC(=O)c1ccc(N(C)C2CCN(C)c3ccc(C(=O)OC)cc32)cc1. The van der Waals surface area contributed by atoms with Crippen LogP contribution < -0.4 is 9.80 Å². The summed E-state index contributed by atoms with van der Waals surface area (Å²) in [4.78, 5) is 28.0. The van der Waals surface area contributed by atoms with Crippen LogP contribution in [0.1, 0.15) is 38.7 Å². The zero-order valence-electron chi connectivity index (χ0n) is 16.1. The summed E-state index contributed by atoms with van der Waals surface area (Å²) in [5.74, 6) is -0.688. The Kier molecular flexibility index (Phi) is 5.35. The Morgan fingerprint density at radius 2 is 1.59 bits per heavy atom. The number of hydrogen-bond donors (Lipinski definition) is 0. The molecule has 2 aromatic carbocycles. The molecule has 0 aliphatic carbocycles. The lowest BCUT2D eigenvalue weighted by molar-refractivity contribution is 0.0592. The zero-order chi connectivity index (χ0) is 19.6. The Morgan fingerprint density at radius 3 is 2.22 bits per heavy atom. The molecule has 0 fully saturated rings. The molecule has 1 heterocycles. The molecule has 6 nitrogen and oxygen atoms in total. The monoisotopic (exact) mass is 368 g/mol. The maximum Gasteiger partial charge on any atom is 0.337 e. The molecule has 142 valence electrons. The van der Waals surface area contributed by atoms with E-state index in [1.54, 1.807) is 18.2 Å². The summed E-state index contributed by atoms with van der Waals surface area (Å²) in [6.07, 6.45) is 0.920. The molecule has 0 amide bonds. The maximum atomic E-state index is 12.0. The first-order chi connectivity index (χ1) is 13.0. The van der Waals surface area contributed by atoms with Crippen molar-refractivity contribution in [3.8, 4) is 0 Å². The molecule has 1 aliphatic heterocycles. The van der Waals surface area contributed by atoms with E-state index in [0.29, 0.717) is 11.1 Å². The lowest BCUT2D eigenvalue weighted by Crippen LogP contribution is -2.35. The van der Waals surface area contributed by atoms with Gasteiger partial charge in [0.25, 0.3) is 0 Å². The second-order valence-corrected chi connectivity index (χ2v) is 6.64. The van der Waals surface area contributed by atoms with Crippen LogP contribution in [0.3, 0.4) is 0 Å². The van der Waals surface area contributed by atoms with Gasteiger partial charge in [-0.2, -0.15) is 0 Å². The second-order valence-electron chi connectivity index (χ2n) is 6.64. The van der Waals surface area contributed by atoms with Crippen LogP contribution in [0, 0.1) is 0 Å². The van der Waals surface area contributed by atoms with Crippen LogP contribution in [0.5, 0.6) is 0 Å². The number of carbonyl (C=O) groups is 2. The van der Waals surface area contributed by atoms with Gasteiger partial charge < -0.3 is 19.3 Å². The summed E-state index contributed by atoms with van der Waals surface area (Å²) >= 11 is 0. The van der Waals surface area contributed by atoms with E-state index in [0.717, 1.165) is 29.9 Å². The highest BCUT2D eigenvalue weighted by atomic mass is 16.5. The van der Waals surface area contributed by atoms with E-state index in [1.165, 1.54) is 14.2 Å². The van der Waals surface area contributed by atoms with Crippen molar-refractivity contribution >= 4 is 23.3 Å². The molecule has 0 bridgehead atoms. The van der Waals surface area contributed by atoms with Crippen molar-refractivity contribution in [1.82, 2.24) is 0 Å². The minimum Gasteiger partial charge on any atom is -0.465 e. The number of ether oxygens (including phenoxy) is 2. The van der Waals surface area contributed by atoms with Crippen molar-refractivity contribution in [2.24, 2.45) is 0 Å². The number of anilines is 2. The summed E-state index contributed by atoms with van der Waals surface area (Å²) in [6.45, 7) is 0.916. The minimum absolute atomic E-state index is 0.116. The Bertz CT molecular complexity index is 848. The average Bonchev–Trinajstić information content (AvgIpc) is 2.72. The second kappa shape index (κ2) is 7.70. The molecule has 1 aliphatic rings. The summed E-state index contributed by atoms with van der Waals surface area (Å²) in [5, 5.41) is 0. The van der Waals surface area contributed by atoms with Crippen molar-refractivity contribution in [2.45, 2.75) is 12.5 Å². The summed E-state index contributed by atoms with van der Waals surface area (Å²) < 4.78 is 9.63. The van der Waals surface area contributed by atoms with Crippen LogP contribution in [-0.4, -0.2) is 46.8 Å². The van der Waals surface area contributed by atoms with Gasteiger partial charge >= 0.3 is 11.9 Å². The normalized spacial score (nSPS) is 15.7. The summed E-state index contributed by atoms with van der Waals surface area (Å²) in [7, 11) is 6.84. The Morgan fingerprint density at radius 1 is 1.00 bits per heavy atom. The van der Waals surface area contributed by atoms with Crippen molar-refractivity contribution in [3.63, 3.8) is 0 Å². The first kappa shape index (κ1) is 18.8. The summed E-state index contributed by atoms with van der Waals surface area (Å²) in [5.41, 5.74) is 4.26. The molecule has 1 atom stereocenters. The van der Waals surface area contributed by atoms with Gasteiger partial charge in [-0.1, -0.05) is 0 Å². The fourth-order valence-corrected chi connectivity index (χ4v) is 3.54. The molecule has 0 saturated heterocycles. The van der Waals surface area contributed by atoms with E-state index in [9.17, 15) is 9.59 Å². The lowest BCUT2D eigenvalue weighted by Gasteiger charge is -2.39. The van der Waals surface area contributed by atoms with Crippen LogP contribution in [0.25, 0.3) is 0 Å². The Balaban J connectivity index is 1.94. The highest BCUT2D eigenvalue weighted by molar-refractivity contribution is 5.91. The average molecular weight is 368 g/mol. The van der Waals surface area contributed by atoms with Gasteiger partial charge in [0.1, 0.15) is 0 Å². The van der Waals surface area contributed by atoms with Gasteiger partial charge in [0.05, 0.1) is 31.4 Å². The highest BCUT2D eigenvalue weighted by Gasteiger charge is 2.28. The van der Waals surface area contributed by atoms with E-state index >= 15 is 0 Å². The number of esters is 2. The van der Waals surface area contributed by atoms with Gasteiger partial charge in [-0.25, -0.2) is 9.59 Å². The van der Waals surface area contributed by atoms with Crippen LogP contribution in [0.4, 0.5) is 11.4 Å². The van der Waals surface area contributed by atoms with Crippen molar-refractivity contribution in [3.05, 3.63) is 59.2 Å². The first-order valence-electron chi connectivity index (χ1n) is 8.81. The molecule has 2 aromatic rings. The van der Waals surface area contributed by atoms with Crippen molar-refractivity contribution < 1.29 is 19.1 Å². The van der Waals surface area contributed by atoms with Crippen LogP contribution in [-0.2, 0) is 9.47 Å². The fraction of sp³-hybridized carbons (Fsp3) is 0.333. The van der Waals surface area contributed by atoms with E-state index in [4.69, 9.17) is 9.47 Å². The predicted molar refractivity (Wildman–Crippen MR) is 105 cm³/mol. The maximum absolute atomic E-state index is 12.0. The lowest BCUT2D eigenvalue weighted by atomic mass is 9.93. The van der Waals surface area contributed by atoms with Gasteiger partial charge in [-0.3, -0.25) is 0 Å². The smallest absolute Gasteiger partial charge is 0.337 e. The molecule has 0 saturated carbocycles. The molecule has 6 heteroatoms. The van der Waals surface area contributed by atoms with E-state index in [2.05, 4.69) is 16.8 Å². The Labute approximate surface area is 159 Å². The van der Waals surface area contributed by atoms with Gasteiger partial charge in [0, 0.05) is 32.0 Å². The van der Waals surface area contributed by atoms with Gasteiger partial charge in [-0.15, -0.1) is 0 Å². The molecule has 0 aromatic heterocycles. The predicted octanol–water partition coefficient (Wildman–Crippen LogP) is 3.28. The van der Waals surface area contributed by atoms with Gasteiger partial charge in [0.2, 0.25) is 0 Å². The third kappa shape index (κ3) is 3.60. The molecule has 0 radical (unpaired) electrons. The van der Waals surface area contributed by atoms with E-state index in [-0.39, 0.29) is 18.0 Å². The molecular weight excluding hydrogens is 344 g/mol. The van der Waals surface area contributed by atoms with Gasteiger partial charge in [-0.05, 0) is 54.4 Å². The fourth-order valence-electron chi connectivity index (χ4n) is 3.54. The van der Waals surface area contributed by atoms with Crippen LogP contribution >= 0.6 is 0 Å². The highest BCUT2D eigenvalue weighted by Crippen LogP contribution is 2.38. The molecule has 0 N–H and O–H groups in total. The number of benzene rings is 2. The first-order valence-corrected chi connectivity index (χ1v) is 8.81. The topological polar surface area (TPSA) is 59.1 Å². The van der Waals surface area contributed by atoms with Gasteiger partial charge in [0.15, 0.2) is 0 Å². The molecule has 3 rings (SSSR count). The number of carbonyl (C=O) groups excluding carboxylic acids is 2. The molecular formula is C21H24N2O4. The number of nitrogens with zero attached hydrogens (tertiary/aromatic N) is 2. The standard InChI is InChI=1S/C21H24N2O4/c1-22-12-11-19(17-13-15(21(25)27-4)7-10-18(17)22)23(2)16-8-5-14(6-9-16)20(24)26-3/h5-10,13,19H,11-12H2,1-4H3. The number of hydrogen-bond acceptors (Lipinski definition) is 6. The number of rotatable bonds is 4. The van der Waals surface area contributed by atoms with E-state index < -0.39 is 0 Å². The van der Waals surface area contributed by atoms with Crippen molar-refractivity contribution in [2.75, 3.05) is 44.7 Å². The van der Waals surface area contributed by atoms with Crippen molar-refractivity contribution in [1.29, 1.82) is 0 Å². The molecule has 1 unspecified atom stereocenters. The number of methoxy groups -OCH3 is 2. The van der Waals surface area contributed by atoms with Crippen LogP contribution in [0.2, 0.25) is 0 Å². The third-order valence-corrected chi connectivity index (χ3v) is 5.12. The zero-order valence-corrected chi connectivity index (χ0v) is 16.1. The minimum atomic E-state index is -0.350.